The number of nitrogens with one attached hydrogen (secondary N) is 1. The van der Waals surface area contributed by atoms with Gasteiger partial charge in [0, 0.05) is 25.2 Å². The molecule has 1 heterocycles. The van der Waals surface area contributed by atoms with Crippen molar-refractivity contribution in [2.24, 2.45) is 10.9 Å². The summed E-state index contributed by atoms with van der Waals surface area (Å²) in [4.78, 5) is 30.6. The number of carbonyl (C=O) groups is 1. The van der Waals surface area contributed by atoms with Crippen LogP contribution in [0.2, 0.25) is 0 Å². The van der Waals surface area contributed by atoms with Crippen molar-refractivity contribution in [2.75, 3.05) is 27.4 Å². The number of aromatic amines is 1. The van der Waals surface area contributed by atoms with E-state index in [1.807, 2.05) is 27.7 Å². The van der Waals surface area contributed by atoms with Gasteiger partial charge in [0.1, 0.15) is 5.76 Å². The molecule has 0 spiro atoms. The summed E-state index contributed by atoms with van der Waals surface area (Å²) in [6.07, 6.45) is 1.69. The summed E-state index contributed by atoms with van der Waals surface area (Å²) in [5.41, 5.74) is 2.76. The third-order valence-electron chi connectivity index (χ3n) is 3.70. The Kier molecular flexibility index (Phi) is 7.58. The van der Waals surface area contributed by atoms with Gasteiger partial charge in [-0.25, -0.2) is 0 Å². The molecule has 24 heavy (non-hydrogen) atoms. The van der Waals surface area contributed by atoms with Crippen LogP contribution in [0.1, 0.15) is 30.7 Å². The summed E-state index contributed by atoms with van der Waals surface area (Å²) < 4.78 is 10.6. The van der Waals surface area contributed by atoms with Gasteiger partial charge in [-0.15, -0.1) is 0 Å². The van der Waals surface area contributed by atoms with Crippen molar-refractivity contribution in [3.05, 3.63) is 39.3 Å². The van der Waals surface area contributed by atoms with Crippen LogP contribution in [0.25, 0.3) is 5.76 Å². The number of aryl methyl sites for hydroxylation is 1. The average molecular weight is 334 g/mol. The second-order valence-electron chi connectivity index (χ2n) is 5.89. The molecule has 6 heteroatoms. The predicted molar refractivity (Wildman–Crippen MR) is 95.5 cm³/mol. The maximum atomic E-state index is 11.8. The van der Waals surface area contributed by atoms with E-state index in [-0.39, 0.29) is 30.4 Å². The topological polar surface area (TPSA) is 80.8 Å². The molecule has 0 aliphatic carbocycles. The molecule has 0 saturated heterocycles. The number of aromatic nitrogens is 1. The molecule has 132 valence electrons. The van der Waals surface area contributed by atoms with E-state index < -0.39 is 0 Å². The van der Waals surface area contributed by atoms with Crippen molar-refractivity contribution < 1.29 is 14.3 Å². The van der Waals surface area contributed by atoms with Crippen LogP contribution >= 0.6 is 0 Å². The van der Waals surface area contributed by atoms with Gasteiger partial charge in [-0.2, -0.15) is 0 Å². The third-order valence-corrected chi connectivity index (χ3v) is 3.70. The minimum Gasteiger partial charge on any atom is -0.494 e. The number of Topliss-reactive ketones (excluding diaryl/α,β-unsaturated/α-hetero) is 1. The first-order valence-corrected chi connectivity index (χ1v) is 7.81. The fraction of sp³-hybridized carbons (Fsp3) is 0.500. The number of aliphatic imine (C=N–C) groups is 1. The summed E-state index contributed by atoms with van der Waals surface area (Å²) in [5.74, 6) is 0.455. The smallest absolute Gasteiger partial charge is 0.248 e. The Morgan fingerprint density at radius 3 is 2.54 bits per heavy atom. The first kappa shape index (κ1) is 19.8. The number of methoxy groups -OCH3 is 2. The molecule has 0 fully saturated rings. The largest absolute Gasteiger partial charge is 0.494 e. The van der Waals surface area contributed by atoms with Crippen molar-refractivity contribution in [1.82, 2.24) is 4.98 Å². The minimum absolute atomic E-state index is 0.0520. The quantitative estimate of drug-likeness (QED) is 0.584. The monoisotopic (exact) mass is 334 g/mol. The Hall–Kier alpha value is -2.21. The average Bonchev–Trinajstić information content (AvgIpc) is 2.53. The molecule has 0 aliphatic heterocycles. The highest BCUT2D eigenvalue weighted by atomic mass is 16.5. The van der Waals surface area contributed by atoms with Crippen molar-refractivity contribution in [2.45, 2.75) is 27.7 Å². The maximum Gasteiger partial charge on any atom is 0.248 e. The lowest BCUT2D eigenvalue weighted by atomic mass is 10.1. The normalized spacial score (nSPS) is 12.6. The molecule has 0 bridgehead atoms. The van der Waals surface area contributed by atoms with E-state index in [0.717, 1.165) is 11.1 Å². The highest BCUT2D eigenvalue weighted by Gasteiger charge is 2.12. The lowest BCUT2D eigenvalue weighted by Crippen LogP contribution is -2.15. The zero-order valence-corrected chi connectivity index (χ0v) is 15.2. The minimum atomic E-state index is -0.198. The number of rotatable bonds is 8. The molecular weight excluding hydrogens is 308 g/mol. The van der Waals surface area contributed by atoms with Crippen LogP contribution in [0.5, 0.6) is 0 Å². The van der Waals surface area contributed by atoms with Crippen LogP contribution in [0.3, 0.4) is 0 Å². The number of H-pyrrole nitrogens is 1. The van der Waals surface area contributed by atoms with Gasteiger partial charge >= 0.3 is 0 Å². The van der Waals surface area contributed by atoms with Crippen LogP contribution in [-0.4, -0.2) is 43.9 Å². The number of pyridine rings is 1. The lowest BCUT2D eigenvalue weighted by Gasteiger charge is -2.12. The van der Waals surface area contributed by atoms with E-state index in [1.54, 1.807) is 13.2 Å². The standard InChI is InChI=1S/C18H26N2O4/c1-11(2)15(21)9-19-14(10-23-5)8-16(24-6)18-13(4)12(3)7-17(22)20-18/h7-8,11H,9-10H2,1-6H3,(H,20,22)/b16-8+,19-14?. The van der Waals surface area contributed by atoms with Crippen molar-refractivity contribution in [1.29, 1.82) is 0 Å². The molecule has 1 aromatic rings. The molecule has 0 amide bonds. The Bertz CT molecular complexity index is 699. The highest BCUT2D eigenvalue weighted by molar-refractivity contribution is 6.02. The number of ether oxygens (including phenoxy) is 2. The number of carbonyl (C=O) groups excluding carboxylic acids is 1. The third kappa shape index (κ3) is 5.45. The summed E-state index contributed by atoms with van der Waals surface area (Å²) in [5, 5.41) is 0. The summed E-state index contributed by atoms with van der Waals surface area (Å²) in [6, 6.07) is 1.54. The van der Waals surface area contributed by atoms with E-state index in [2.05, 4.69) is 9.98 Å². The van der Waals surface area contributed by atoms with Gasteiger partial charge < -0.3 is 14.5 Å². The molecule has 0 unspecified atom stereocenters. The SMILES string of the molecule is COCC(/C=C(/OC)c1[nH]c(=O)cc(C)c1C)=NCC(=O)C(C)C. The highest BCUT2D eigenvalue weighted by Crippen LogP contribution is 2.18. The molecule has 1 N–H and O–H groups in total. The molecule has 0 saturated carbocycles. The van der Waals surface area contributed by atoms with E-state index in [0.29, 0.717) is 17.2 Å². The number of nitrogens with zero attached hydrogens (tertiary/aromatic N) is 1. The van der Waals surface area contributed by atoms with Gasteiger partial charge in [-0.05, 0) is 25.0 Å². The zero-order valence-electron chi connectivity index (χ0n) is 15.2. The molecular formula is C18H26N2O4. The Morgan fingerprint density at radius 1 is 1.33 bits per heavy atom. The van der Waals surface area contributed by atoms with Crippen LogP contribution < -0.4 is 5.56 Å². The van der Waals surface area contributed by atoms with Gasteiger partial charge in [-0.3, -0.25) is 14.6 Å². The predicted octanol–water partition coefficient (Wildman–Crippen LogP) is 2.29. The zero-order chi connectivity index (χ0) is 18.3. The maximum absolute atomic E-state index is 11.8. The van der Waals surface area contributed by atoms with Gasteiger partial charge in [0.2, 0.25) is 5.56 Å². The number of hydrogen-bond donors (Lipinski definition) is 1. The van der Waals surface area contributed by atoms with Gasteiger partial charge in [0.05, 0.1) is 31.7 Å². The summed E-state index contributed by atoms with van der Waals surface area (Å²) >= 11 is 0. The second-order valence-corrected chi connectivity index (χ2v) is 5.89. The fourth-order valence-electron chi connectivity index (χ4n) is 2.03. The molecule has 1 aromatic heterocycles. The Labute approximate surface area is 142 Å². The van der Waals surface area contributed by atoms with Gasteiger partial charge in [-0.1, -0.05) is 13.8 Å². The van der Waals surface area contributed by atoms with E-state index >= 15 is 0 Å². The first-order chi connectivity index (χ1) is 11.3. The molecule has 6 nitrogen and oxygen atoms in total. The Balaban J connectivity index is 3.25. The van der Waals surface area contributed by atoms with Crippen molar-refractivity contribution in [3.8, 4) is 0 Å². The van der Waals surface area contributed by atoms with Crippen molar-refractivity contribution >= 4 is 17.3 Å². The van der Waals surface area contributed by atoms with Crippen LogP contribution in [0.4, 0.5) is 0 Å². The van der Waals surface area contributed by atoms with Gasteiger partial charge in [0.15, 0.2) is 5.78 Å². The van der Waals surface area contributed by atoms with Crippen LogP contribution in [-0.2, 0) is 14.3 Å². The number of ketones is 1. The molecule has 0 aliphatic rings. The van der Waals surface area contributed by atoms with E-state index in [9.17, 15) is 9.59 Å². The lowest BCUT2D eigenvalue weighted by molar-refractivity contribution is -0.120. The first-order valence-electron chi connectivity index (χ1n) is 7.81. The fourth-order valence-corrected chi connectivity index (χ4v) is 2.03. The van der Waals surface area contributed by atoms with Crippen LogP contribution in [0.15, 0.2) is 21.9 Å². The molecule has 0 atom stereocenters. The molecule has 0 radical (unpaired) electrons. The van der Waals surface area contributed by atoms with Crippen LogP contribution in [0, 0.1) is 19.8 Å². The second kappa shape index (κ2) is 9.17. The molecule has 1 rings (SSSR count). The van der Waals surface area contributed by atoms with E-state index in [4.69, 9.17) is 9.47 Å². The summed E-state index contributed by atoms with van der Waals surface area (Å²) in [6.45, 7) is 7.78. The molecule has 0 aromatic carbocycles. The summed E-state index contributed by atoms with van der Waals surface area (Å²) in [7, 11) is 3.08. The Morgan fingerprint density at radius 2 is 2.00 bits per heavy atom. The van der Waals surface area contributed by atoms with Gasteiger partial charge in [0.25, 0.3) is 0 Å². The number of hydrogen-bond acceptors (Lipinski definition) is 5. The van der Waals surface area contributed by atoms with Crippen molar-refractivity contribution in [3.63, 3.8) is 0 Å². The van der Waals surface area contributed by atoms with E-state index in [1.165, 1.54) is 13.2 Å².